The van der Waals surface area contributed by atoms with Crippen molar-refractivity contribution in [2.24, 2.45) is 11.8 Å². The monoisotopic (exact) mass is 259 g/mol. The van der Waals surface area contributed by atoms with E-state index in [1.807, 2.05) is 0 Å². The summed E-state index contributed by atoms with van der Waals surface area (Å²) in [5, 5.41) is 3.38. The molecule has 3 unspecified atom stereocenters. The van der Waals surface area contributed by atoms with Gasteiger partial charge in [-0.2, -0.15) is 0 Å². The molecule has 1 heterocycles. The summed E-state index contributed by atoms with van der Waals surface area (Å²) in [6, 6.07) is 8.59. The van der Waals surface area contributed by atoms with Crippen molar-refractivity contribution in [1.29, 1.82) is 0 Å². The molecule has 1 aromatic rings. The normalized spacial score (nSPS) is 29.8. The maximum atomic E-state index is 5.83. The number of rotatable bonds is 4. The lowest BCUT2D eigenvalue weighted by molar-refractivity contribution is 0.199. The Labute approximate surface area is 116 Å². The minimum absolute atomic E-state index is 0.624. The summed E-state index contributed by atoms with van der Waals surface area (Å²) < 4.78 is 5.83. The highest BCUT2D eigenvalue weighted by Gasteiger charge is 2.31. The van der Waals surface area contributed by atoms with Crippen LogP contribution in [0.15, 0.2) is 24.3 Å². The van der Waals surface area contributed by atoms with E-state index in [1.165, 1.54) is 44.2 Å². The maximum absolute atomic E-state index is 5.83. The fourth-order valence-corrected chi connectivity index (χ4v) is 3.92. The molecular formula is C17H25NO. The lowest BCUT2D eigenvalue weighted by atomic mass is 9.74. The predicted octanol–water partition coefficient (Wildman–Crippen LogP) is 3.58. The van der Waals surface area contributed by atoms with Crippen molar-refractivity contribution in [2.75, 3.05) is 20.2 Å². The van der Waals surface area contributed by atoms with Crippen LogP contribution < -0.4 is 10.1 Å². The molecule has 104 valence electrons. The van der Waals surface area contributed by atoms with Gasteiger partial charge in [-0.25, -0.2) is 0 Å². The number of fused-ring (bicyclic) bond motifs is 1. The topological polar surface area (TPSA) is 21.3 Å². The van der Waals surface area contributed by atoms with Crippen LogP contribution in [0, 0.1) is 11.8 Å². The Bertz CT molecular complexity index is 415. The largest absolute Gasteiger partial charge is 0.493 e. The SMILES string of the molecule is CNCC1CCCCC1CC1COc2ccccc21. The Morgan fingerprint density at radius 3 is 2.79 bits per heavy atom. The molecule has 0 amide bonds. The second kappa shape index (κ2) is 5.96. The zero-order chi connectivity index (χ0) is 13.1. The molecule has 0 radical (unpaired) electrons. The summed E-state index contributed by atoms with van der Waals surface area (Å²) in [5.74, 6) is 3.49. The third-order valence-corrected chi connectivity index (χ3v) is 4.92. The van der Waals surface area contributed by atoms with Crippen LogP contribution in [0.5, 0.6) is 5.75 Å². The van der Waals surface area contributed by atoms with Gasteiger partial charge in [-0.15, -0.1) is 0 Å². The lowest BCUT2D eigenvalue weighted by Crippen LogP contribution is -2.30. The van der Waals surface area contributed by atoms with E-state index < -0.39 is 0 Å². The minimum atomic E-state index is 0.624. The van der Waals surface area contributed by atoms with Gasteiger partial charge in [-0.05, 0) is 44.3 Å². The standard InChI is InChI=1S/C17H25NO/c1-18-11-14-7-3-2-6-13(14)10-15-12-19-17-9-5-4-8-16(15)17/h4-5,8-9,13-15,18H,2-3,6-7,10-12H2,1H3. The van der Waals surface area contributed by atoms with Gasteiger partial charge in [0.1, 0.15) is 5.75 Å². The van der Waals surface area contributed by atoms with Gasteiger partial charge in [0, 0.05) is 11.5 Å². The minimum Gasteiger partial charge on any atom is -0.493 e. The molecule has 0 aromatic heterocycles. The molecule has 1 N–H and O–H groups in total. The Hall–Kier alpha value is -1.02. The number of ether oxygens (including phenoxy) is 1. The zero-order valence-electron chi connectivity index (χ0n) is 11.9. The summed E-state index contributed by atoms with van der Waals surface area (Å²) in [6.45, 7) is 2.07. The second-order valence-corrected chi connectivity index (χ2v) is 6.14. The molecule has 0 bridgehead atoms. The van der Waals surface area contributed by atoms with Crippen LogP contribution >= 0.6 is 0 Å². The van der Waals surface area contributed by atoms with E-state index >= 15 is 0 Å². The van der Waals surface area contributed by atoms with E-state index in [2.05, 4.69) is 36.6 Å². The highest BCUT2D eigenvalue weighted by molar-refractivity contribution is 5.39. The molecule has 2 aliphatic rings. The van der Waals surface area contributed by atoms with Gasteiger partial charge in [0.25, 0.3) is 0 Å². The third kappa shape index (κ3) is 2.79. The average Bonchev–Trinajstić information content (AvgIpc) is 2.85. The number of nitrogens with one attached hydrogen (secondary N) is 1. The number of benzene rings is 1. The van der Waals surface area contributed by atoms with Crippen molar-refractivity contribution >= 4 is 0 Å². The fraction of sp³-hybridized carbons (Fsp3) is 0.647. The lowest BCUT2D eigenvalue weighted by Gasteiger charge is -2.33. The summed E-state index contributed by atoms with van der Waals surface area (Å²) >= 11 is 0. The first-order valence-corrected chi connectivity index (χ1v) is 7.75. The highest BCUT2D eigenvalue weighted by atomic mass is 16.5. The predicted molar refractivity (Wildman–Crippen MR) is 78.7 cm³/mol. The van der Waals surface area contributed by atoms with Gasteiger partial charge in [0.05, 0.1) is 6.61 Å². The van der Waals surface area contributed by atoms with Gasteiger partial charge in [0.2, 0.25) is 0 Å². The Kier molecular flexibility index (Phi) is 4.07. The average molecular weight is 259 g/mol. The number of hydrogen-bond acceptors (Lipinski definition) is 2. The number of para-hydroxylation sites is 1. The molecule has 2 heteroatoms. The molecular weight excluding hydrogens is 234 g/mol. The summed E-state index contributed by atoms with van der Waals surface area (Å²) in [4.78, 5) is 0. The van der Waals surface area contributed by atoms with Crippen LogP contribution in [-0.2, 0) is 0 Å². The van der Waals surface area contributed by atoms with Crippen LogP contribution in [0.4, 0.5) is 0 Å². The summed E-state index contributed by atoms with van der Waals surface area (Å²) in [7, 11) is 2.08. The quantitative estimate of drug-likeness (QED) is 0.892. The molecule has 2 nitrogen and oxygen atoms in total. The van der Waals surface area contributed by atoms with Crippen molar-refractivity contribution in [3.8, 4) is 5.75 Å². The molecule has 1 saturated carbocycles. The van der Waals surface area contributed by atoms with Crippen LogP contribution in [-0.4, -0.2) is 20.2 Å². The van der Waals surface area contributed by atoms with Crippen LogP contribution in [0.25, 0.3) is 0 Å². The Balaban J connectivity index is 1.67. The molecule has 3 atom stereocenters. The molecule has 3 rings (SSSR count). The third-order valence-electron chi connectivity index (χ3n) is 4.92. The summed E-state index contributed by atoms with van der Waals surface area (Å²) in [6.07, 6.45) is 6.95. The van der Waals surface area contributed by atoms with E-state index in [4.69, 9.17) is 4.74 Å². The van der Waals surface area contributed by atoms with Gasteiger partial charge in [0.15, 0.2) is 0 Å². The molecule has 1 fully saturated rings. The fourth-order valence-electron chi connectivity index (χ4n) is 3.92. The Morgan fingerprint density at radius 2 is 1.95 bits per heavy atom. The number of hydrogen-bond donors (Lipinski definition) is 1. The van der Waals surface area contributed by atoms with Gasteiger partial charge in [-0.3, -0.25) is 0 Å². The maximum Gasteiger partial charge on any atom is 0.122 e. The van der Waals surface area contributed by atoms with Crippen LogP contribution in [0.1, 0.15) is 43.6 Å². The summed E-state index contributed by atoms with van der Waals surface area (Å²) in [5.41, 5.74) is 1.44. The highest BCUT2D eigenvalue weighted by Crippen LogP contribution is 2.42. The van der Waals surface area contributed by atoms with Gasteiger partial charge < -0.3 is 10.1 Å². The van der Waals surface area contributed by atoms with E-state index in [1.54, 1.807) is 0 Å². The Morgan fingerprint density at radius 1 is 1.16 bits per heavy atom. The second-order valence-electron chi connectivity index (χ2n) is 6.14. The van der Waals surface area contributed by atoms with Crippen molar-refractivity contribution in [1.82, 2.24) is 5.32 Å². The van der Waals surface area contributed by atoms with Crippen LogP contribution in [0.3, 0.4) is 0 Å². The van der Waals surface area contributed by atoms with Crippen molar-refractivity contribution < 1.29 is 4.74 Å². The zero-order valence-corrected chi connectivity index (χ0v) is 11.9. The van der Waals surface area contributed by atoms with Crippen molar-refractivity contribution in [3.63, 3.8) is 0 Å². The molecule has 0 saturated heterocycles. The van der Waals surface area contributed by atoms with Crippen molar-refractivity contribution in [2.45, 2.75) is 38.0 Å². The molecule has 0 spiro atoms. The van der Waals surface area contributed by atoms with E-state index in [9.17, 15) is 0 Å². The van der Waals surface area contributed by atoms with Gasteiger partial charge >= 0.3 is 0 Å². The first kappa shape index (κ1) is 13.0. The first-order chi connectivity index (χ1) is 9.38. The molecule has 1 aromatic carbocycles. The molecule has 1 aliphatic carbocycles. The first-order valence-electron chi connectivity index (χ1n) is 7.75. The molecule has 19 heavy (non-hydrogen) atoms. The van der Waals surface area contributed by atoms with E-state index in [0.29, 0.717) is 5.92 Å². The molecule has 1 aliphatic heterocycles. The van der Waals surface area contributed by atoms with Crippen LogP contribution in [0.2, 0.25) is 0 Å². The van der Waals surface area contributed by atoms with E-state index in [0.717, 1.165) is 24.2 Å². The van der Waals surface area contributed by atoms with Crippen molar-refractivity contribution in [3.05, 3.63) is 29.8 Å². The van der Waals surface area contributed by atoms with E-state index in [-0.39, 0.29) is 0 Å². The smallest absolute Gasteiger partial charge is 0.122 e. The van der Waals surface area contributed by atoms with Gasteiger partial charge in [-0.1, -0.05) is 37.5 Å².